The lowest BCUT2D eigenvalue weighted by Gasteiger charge is -2.31. The molecule has 2 atom stereocenters. The second-order valence-corrected chi connectivity index (χ2v) is 5.21. The van der Waals surface area contributed by atoms with Gasteiger partial charge in [0.2, 0.25) is 0 Å². The maximum Gasteiger partial charge on any atom is 0.307 e. The molecule has 100 valence electrons. The number of carboxylic acid groups (broad SMARTS) is 1. The van der Waals surface area contributed by atoms with Crippen LogP contribution in [0.15, 0.2) is 0 Å². The fourth-order valence-corrected chi connectivity index (χ4v) is 2.55. The van der Waals surface area contributed by atoms with E-state index in [1.54, 1.807) is 6.92 Å². The van der Waals surface area contributed by atoms with Crippen LogP contribution in [0.25, 0.3) is 0 Å². The van der Waals surface area contributed by atoms with Gasteiger partial charge in [-0.25, -0.2) is 0 Å². The van der Waals surface area contributed by atoms with Crippen molar-refractivity contribution < 1.29 is 9.90 Å². The van der Waals surface area contributed by atoms with Crippen molar-refractivity contribution in [2.45, 2.75) is 39.2 Å². The van der Waals surface area contributed by atoms with Gasteiger partial charge in [0.1, 0.15) is 0 Å². The third kappa shape index (κ3) is 4.64. The first-order chi connectivity index (χ1) is 8.04. The van der Waals surface area contributed by atoms with Crippen LogP contribution < -0.4 is 0 Å². The molecule has 2 unspecified atom stereocenters. The molecule has 1 saturated heterocycles. The minimum absolute atomic E-state index is 0.268. The minimum Gasteiger partial charge on any atom is -0.481 e. The molecule has 0 spiro atoms. The van der Waals surface area contributed by atoms with Gasteiger partial charge in [0.05, 0.1) is 5.92 Å². The van der Waals surface area contributed by atoms with Crippen LogP contribution in [0.3, 0.4) is 0 Å². The van der Waals surface area contributed by atoms with Crippen molar-refractivity contribution in [2.24, 2.45) is 5.92 Å². The summed E-state index contributed by atoms with van der Waals surface area (Å²) in [6.07, 6.45) is 3.58. The zero-order valence-corrected chi connectivity index (χ0v) is 11.4. The third-order valence-corrected chi connectivity index (χ3v) is 3.77. The van der Waals surface area contributed by atoms with Gasteiger partial charge in [-0.15, -0.1) is 0 Å². The highest BCUT2D eigenvalue weighted by Crippen LogP contribution is 2.17. The number of hydrogen-bond acceptors (Lipinski definition) is 3. The monoisotopic (exact) mass is 242 g/mol. The Hall–Kier alpha value is -0.610. The first kappa shape index (κ1) is 14.5. The molecule has 0 bridgehead atoms. The van der Waals surface area contributed by atoms with Crippen LogP contribution in [0.2, 0.25) is 0 Å². The molecular formula is C13H26N2O2. The fraction of sp³-hybridized carbons (Fsp3) is 0.923. The molecule has 0 amide bonds. The van der Waals surface area contributed by atoms with Gasteiger partial charge in [0, 0.05) is 12.6 Å². The van der Waals surface area contributed by atoms with Crippen LogP contribution >= 0.6 is 0 Å². The van der Waals surface area contributed by atoms with E-state index in [9.17, 15) is 4.79 Å². The molecule has 0 radical (unpaired) electrons. The van der Waals surface area contributed by atoms with Crippen molar-refractivity contribution in [3.63, 3.8) is 0 Å². The molecule has 1 N–H and O–H groups in total. The zero-order chi connectivity index (χ0) is 12.8. The molecule has 4 nitrogen and oxygen atoms in total. The Morgan fingerprint density at radius 1 is 1.47 bits per heavy atom. The fourth-order valence-electron chi connectivity index (χ4n) is 2.55. The number of carbonyl (C=O) groups is 1. The SMILES string of the molecule is CCN(CC(C)C(=O)O)C1CCCN(C)CC1. The lowest BCUT2D eigenvalue weighted by atomic mass is 10.0. The van der Waals surface area contributed by atoms with E-state index in [-0.39, 0.29) is 5.92 Å². The Bertz CT molecular complexity index is 246. The summed E-state index contributed by atoms with van der Waals surface area (Å²) in [4.78, 5) is 15.6. The highest BCUT2D eigenvalue weighted by Gasteiger charge is 2.23. The van der Waals surface area contributed by atoms with E-state index in [0.717, 1.165) is 19.5 Å². The summed E-state index contributed by atoms with van der Waals surface area (Å²) < 4.78 is 0. The summed E-state index contributed by atoms with van der Waals surface area (Å²) in [5.41, 5.74) is 0. The zero-order valence-electron chi connectivity index (χ0n) is 11.4. The summed E-state index contributed by atoms with van der Waals surface area (Å²) in [7, 11) is 2.17. The molecule has 0 aromatic heterocycles. The van der Waals surface area contributed by atoms with Gasteiger partial charge in [-0.3, -0.25) is 9.69 Å². The van der Waals surface area contributed by atoms with Crippen LogP contribution in [0.4, 0.5) is 0 Å². The quantitative estimate of drug-likeness (QED) is 0.794. The van der Waals surface area contributed by atoms with E-state index in [0.29, 0.717) is 12.6 Å². The smallest absolute Gasteiger partial charge is 0.307 e. The minimum atomic E-state index is -0.686. The van der Waals surface area contributed by atoms with E-state index in [1.807, 2.05) is 0 Å². The van der Waals surface area contributed by atoms with Crippen LogP contribution in [-0.4, -0.2) is 60.1 Å². The summed E-state index contributed by atoms with van der Waals surface area (Å²) in [6, 6.07) is 0.562. The van der Waals surface area contributed by atoms with Crippen LogP contribution in [0.5, 0.6) is 0 Å². The summed E-state index contributed by atoms with van der Waals surface area (Å²) >= 11 is 0. The first-order valence-corrected chi connectivity index (χ1v) is 6.70. The Balaban J connectivity index is 2.51. The Morgan fingerprint density at radius 3 is 2.76 bits per heavy atom. The number of hydrogen-bond donors (Lipinski definition) is 1. The van der Waals surface area contributed by atoms with Crippen LogP contribution in [0, 0.1) is 5.92 Å². The van der Waals surface area contributed by atoms with E-state index in [2.05, 4.69) is 23.8 Å². The van der Waals surface area contributed by atoms with Crippen molar-refractivity contribution in [1.82, 2.24) is 9.80 Å². The highest BCUT2D eigenvalue weighted by molar-refractivity contribution is 5.69. The lowest BCUT2D eigenvalue weighted by Crippen LogP contribution is -2.40. The largest absolute Gasteiger partial charge is 0.481 e. The lowest BCUT2D eigenvalue weighted by molar-refractivity contribution is -0.141. The molecular weight excluding hydrogens is 216 g/mol. The second kappa shape index (κ2) is 6.97. The summed E-state index contributed by atoms with van der Waals surface area (Å²) in [6.45, 7) is 7.86. The molecule has 1 aliphatic heterocycles. The molecule has 0 saturated carbocycles. The van der Waals surface area contributed by atoms with Gasteiger partial charge < -0.3 is 10.0 Å². The maximum atomic E-state index is 10.9. The molecule has 1 aliphatic rings. The van der Waals surface area contributed by atoms with Crippen molar-refractivity contribution in [3.8, 4) is 0 Å². The summed E-state index contributed by atoms with van der Waals surface area (Å²) in [5, 5.41) is 8.99. The van der Waals surface area contributed by atoms with E-state index >= 15 is 0 Å². The predicted octanol–water partition coefficient (Wildman–Crippen LogP) is 1.51. The highest BCUT2D eigenvalue weighted by atomic mass is 16.4. The Morgan fingerprint density at radius 2 is 2.18 bits per heavy atom. The molecule has 4 heteroatoms. The first-order valence-electron chi connectivity index (χ1n) is 6.70. The molecule has 1 rings (SSSR count). The number of aliphatic carboxylic acids is 1. The second-order valence-electron chi connectivity index (χ2n) is 5.21. The molecule has 17 heavy (non-hydrogen) atoms. The van der Waals surface area contributed by atoms with E-state index < -0.39 is 5.97 Å². The molecule has 1 fully saturated rings. The number of rotatable bonds is 5. The van der Waals surface area contributed by atoms with Gasteiger partial charge in [0.15, 0.2) is 0 Å². The van der Waals surface area contributed by atoms with Gasteiger partial charge in [-0.2, -0.15) is 0 Å². The Kier molecular flexibility index (Phi) is 5.92. The van der Waals surface area contributed by atoms with Crippen molar-refractivity contribution in [3.05, 3.63) is 0 Å². The standard InChI is InChI=1S/C13H26N2O2/c1-4-15(10-11(2)13(16)17)12-6-5-8-14(3)9-7-12/h11-12H,4-10H2,1-3H3,(H,16,17). The topological polar surface area (TPSA) is 43.8 Å². The molecule has 1 heterocycles. The Labute approximate surface area is 105 Å². The van der Waals surface area contributed by atoms with E-state index in [4.69, 9.17) is 5.11 Å². The van der Waals surface area contributed by atoms with Crippen molar-refractivity contribution in [1.29, 1.82) is 0 Å². The van der Waals surface area contributed by atoms with Crippen molar-refractivity contribution in [2.75, 3.05) is 33.2 Å². The average Bonchev–Trinajstić information content (AvgIpc) is 2.50. The molecule has 0 aromatic carbocycles. The van der Waals surface area contributed by atoms with Crippen molar-refractivity contribution >= 4 is 5.97 Å². The number of nitrogens with zero attached hydrogens (tertiary/aromatic N) is 2. The molecule has 0 aromatic rings. The molecule has 0 aliphatic carbocycles. The van der Waals surface area contributed by atoms with E-state index in [1.165, 1.54) is 19.4 Å². The van der Waals surface area contributed by atoms with Crippen LogP contribution in [0.1, 0.15) is 33.1 Å². The maximum absolute atomic E-state index is 10.9. The van der Waals surface area contributed by atoms with Gasteiger partial charge >= 0.3 is 5.97 Å². The third-order valence-electron chi connectivity index (χ3n) is 3.77. The van der Waals surface area contributed by atoms with Gasteiger partial charge in [0.25, 0.3) is 0 Å². The average molecular weight is 242 g/mol. The number of likely N-dealkylation sites (tertiary alicyclic amines) is 1. The van der Waals surface area contributed by atoms with Crippen LogP contribution in [-0.2, 0) is 4.79 Å². The number of carboxylic acids is 1. The summed E-state index contributed by atoms with van der Waals surface area (Å²) in [5.74, 6) is -0.954. The van der Waals surface area contributed by atoms with Gasteiger partial charge in [-0.1, -0.05) is 13.8 Å². The normalized spacial score (nSPS) is 24.6. The van der Waals surface area contributed by atoms with Gasteiger partial charge in [-0.05, 0) is 45.9 Å². The predicted molar refractivity (Wildman–Crippen MR) is 69.2 cm³/mol.